The van der Waals surface area contributed by atoms with Gasteiger partial charge < -0.3 is 5.32 Å². The van der Waals surface area contributed by atoms with E-state index in [0.29, 0.717) is 12.2 Å². The number of rotatable bonds is 3. The molecule has 1 amide bonds. The van der Waals surface area contributed by atoms with E-state index in [9.17, 15) is 4.79 Å². The zero-order chi connectivity index (χ0) is 8.81. The van der Waals surface area contributed by atoms with E-state index in [2.05, 4.69) is 17.9 Å². The molecule has 0 heterocycles. The summed E-state index contributed by atoms with van der Waals surface area (Å²) < 4.78 is 0. The van der Waals surface area contributed by atoms with Gasteiger partial charge in [-0.3, -0.25) is 4.79 Å². The van der Waals surface area contributed by atoms with Crippen LogP contribution in [0.15, 0.2) is 30.3 Å². The second kappa shape index (κ2) is 4.83. The molecule has 0 radical (unpaired) electrons. The van der Waals surface area contributed by atoms with Crippen molar-refractivity contribution in [2.75, 3.05) is 11.1 Å². The number of benzene rings is 1. The van der Waals surface area contributed by atoms with E-state index in [4.69, 9.17) is 0 Å². The molecular formula is C9H11NOS. The Labute approximate surface area is 77.4 Å². The van der Waals surface area contributed by atoms with Crippen molar-refractivity contribution in [1.82, 2.24) is 0 Å². The molecule has 3 heteroatoms. The lowest BCUT2D eigenvalue weighted by molar-refractivity contribution is -0.115. The molecule has 0 aromatic heterocycles. The molecule has 12 heavy (non-hydrogen) atoms. The average molecular weight is 181 g/mol. The quantitative estimate of drug-likeness (QED) is 0.686. The summed E-state index contributed by atoms with van der Waals surface area (Å²) in [4.78, 5) is 11.1. The highest BCUT2D eigenvalue weighted by molar-refractivity contribution is 7.80. The Hall–Kier alpha value is -0.960. The molecule has 0 aliphatic carbocycles. The number of carbonyl (C=O) groups is 1. The van der Waals surface area contributed by atoms with E-state index in [1.54, 1.807) is 0 Å². The second-order valence-corrected chi connectivity index (χ2v) is 2.84. The number of para-hydroxylation sites is 1. The molecule has 0 saturated heterocycles. The van der Waals surface area contributed by atoms with Gasteiger partial charge in [0.05, 0.1) is 0 Å². The molecule has 0 atom stereocenters. The van der Waals surface area contributed by atoms with Crippen LogP contribution in [0.25, 0.3) is 0 Å². The third-order valence-corrected chi connectivity index (χ3v) is 1.62. The molecule has 64 valence electrons. The third kappa shape index (κ3) is 2.96. The van der Waals surface area contributed by atoms with Gasteiger partial charge in [0.1, 0.15) is 0 Å². The second-order valence-electron chi connectivity index (χ2n) is 2.39. The fraction of sp³-hybridized carbons (Fsp3) is 0.222. The minimum Gasteiger partial charge on any atom is -0.326 e. The van der Waals surface area contributed by atoms with Crippen LogP contribution in [0.2, 0.25) is 0 Å². The van der Waals surface area contributed by atoms with Crippen LogP contribution in [0.1, 0.15) is 6.42 Å². The van der Waals surface area contributed by atoms with Crippen molar-refractivity contribution < 1.29 is 4.79 Å². The number of thiol groups is 1. The number of carbonyl (C=O) groups excluding carboxylic acids is 1. The van der Waals surface area contributed by atoms with Gasteiger partial charge in [0.15, 0.2) is 0 Å². The molecule has 0 saturated carbocycles. The summed E-state index contributed by atoms with van der Waals surface area (Å²) in [6, 6.07) is 9.40. The van der Waals surface area contributed by atoms with Gasteiger partial charge in [-0.15, -0.1) is 0 Å². The summed E-state index contributed by atoms with van der Waals surface area (Å²) in [5.41, 5.74) is 0.837. The Morgan fingerprint density at radius 3 is 2.58 bits per heavy atom. The Kier molecular flexibility index (Phi) is 3.67. The predicted molar refractivity (Wildman–Crippen MR) is 53.5 cm³/mol. The zero-order valence-corrected chi connectivity index (χ0v) is 7.55. The minimum absolute atomic E-state index is 0.0104. The zero-order valence-electron chi connectivity index (χ0n) is 6.66. The summed E-state index contributed by atoms with van der Waals surface area (Å²) in [5, 5.41) is 2.76. The van der Waals surface area contributed by atoms with Crippen LogP contribution in [0.5, 0.6) is 0 Å². The number of amides is 1. The van der Waals surface area contributed by atoms with Crippen LogP contribution in [0, 0.1) is 0 Å². The van der Waals surface area contributed by atoms with Crippen molar-refractivity contribution in [1.29, 1.82) is 0 Å². The van der Waals surface area contributed by atoms with Crippen molar-refractivity contribution in [3.63, 3.8) is 0 Å². The average Bonchev–Trinajstić information content (AvgIpc) is 2.06. The monoisotopic (exact) mass is 181 g/mol. The van der Waals surface area contributed by atoms with Crippen LogP contribution >= 0.6 is 12.6 Å². The molecule has 1 rings (SSSR count). The molecule has 1 N–H and O–H groups in total. The molecule has 1 aromatic carbocycles. The number of hydrogen-bond donors (Lipinski definition) is 2. The van der Waals surface area contributed by atoms with Crippen LogP contribution < -0.4 is 5.32 Å². The van der Waals surface area contributed by atoms with Crippen LogP contribution in [-0.2, 0) is 4.79 Å². The first-order chi connectivity index (χ1) is 5.83. The molecule has 0 spiro atoms. The normalized spacial score (nSPS) is 9.42. The first-order valence-electron chi connectivity index (χ1n) is 3.78. The summed E-state index contributed by atoms with van der Waals surface area (Å²) in [6.45, 7) is 0. The summed E-state index contributed by atoms with van der Waals surface area (Å²) >= 11 is 3.97. The minimum atomic E-state index is 0.0104. The maximum Gasteiger partial charge on any atom is 0.225 e. The van der Waals surface area contributed by atoms with Gasteiger partial charge in [0, 0.05) is 12.1 Å². The van der Waals surface area contributed by atoms with Crippen molar-refractivity contribution in [2.45, 2.75) is 6.42 Å². The molecule has 0 aliphatic heterocycles. The lowest BCUT2D eigenvalue weighted by Gasteiger charge is -2.02. The van der Waals surface area contributed by atoms with Crippen LogP contribution in [-0.4, -0.2) is 11.7 Å². The fourth-order valence-electron chi connectivity index (χ4n) is 0.847. The Morgan fingerprint density at radius 1 is 1.33 bits per heavy atom. The SMILES string of the molecule is O=C(CCS)Nc1ccccc1. The van der Waals surface area contributed by atoms with E-state index < -0.39 is 0 Å². The first-order valence-corrected chi connectivity index (χ1v) is 4.42. The summed E-state index contributed by atoms with van der Waals surface area (Å²) in [6.07, 6.45) is 0.456. The fourth-order valence-corrected chi connectivity index (χ4v) is 1.05. The summed E-state index contributed by atoms with van der Waals surface area (Å²) in [7, 11) is 0. The van der Waals surface area contributed by atoms with Crippen LogP contribution in [0.3, 0.4) is 0 Å². The van der Waals surface area contributed by atoms with Gasteiger partial charge in [-0.05, 0) is 17.9 Å². The molecule has 0 bridgehead atoms. The number of nitrogens with one attached hydrogen (secondary N) is 1. The lowest BCUT2D eigenvalue weighted by atomic mass is 10.3. The topological polar surface area (TPSA) is 29.1 Å². The number of anilines is 1. The van der Waals surface area contributed by atoms with Gasteiger partial charge in [-0.2, -0.15) is 12.6 Å². The highest BCUT2D eigenvalue weighted by atomic mass is 32.1. The van der Waals surface area contributed by atoms with Crippen molar-refractivity contribution >= 4 is 24.2 Å². The van der Waals surface area contributed by atoms with E-state index >= 15 is 0 Å². The molecule has 0 fully saturated rings. The number of hydrogen-bond acceptors (Lipinski definition) is 2. The van der Waals surface area contributed by atoms with Gasteiger partial charge >= 0.3 is 0 Å². The van der Waals surface area contributed by atoms with Crippen LogP contribution in [0.4, 0.5) is 5.69 Å². The predicted octanol–water partition coefficient (Wildman–Crippen LogP) is 1.94. The Balaban J connectivity index is 2.47. The van der Waals surface area contributed by atoms with Gasteiger partial charge in [0.2, 0.25) is 5.91 Å². The standard InChI is InChI=1S/C9H11NOS/c11-9(6-7-12)10-8-4-2-1-3-5-8/h1-5,12H,6-7H2,(H,10,11). The maximum atomic E-state index is 11.1. The van der Waals surface area contributed by atoms with E-state index in [-0.39, 0.29) is 5.91 Å². The molecule has 0 aliphatic rings. The lowest BCUT2D eigenvalue weighted by Crippen LogP contribution is -2.11. The highest BCUT2D eigenvalue weighted by Gasteiger charge is 1.98. The summed E-state index contributed by atoms with van der Waals surface area (Å²) in [5.74, 6) is 0.592. The Morgan fingerprint density at radius 2 is 2.00 bits per heavy atom. The molecule has 2 nitrogen and oxygen atoms in total. The van der Waals surface area contributed by atoms with Crippen molar-refractivity contribution in [3.8, 4) is 0 Å². The van der Waals surface area contributed by atoms with Gasteiger partial charge in [-0.25, -0.2) is 0 Å². The van der Waals surface area contributed by atoms with E-state index in [0.717, 1.165) is 5.69 Å². The highest BCUT2D eigenvalue weighted by Crippen LogP contribution is 2.05. The van der Waals surface area contributed by atoms with E-state index in [1.807, 2.05) is 30.3 Å². The molecule has 0 unspecified atom stereocenters. The maximum absolute atomic E-state index is 11.1. The first kappa shape index (κ1) is 9.13. The van der Waals surface area contributed by atoms with E-state index in [1.165, 1.54) is 0 Å². The molecular weight excluding hydrogens is 170 g/mol. The van der Waals surface area contributed by atoms with Gasteiger partial charge in [-0.1, -0.05) is 18.2 Å². The molecule has 1 aromatic rings. The van der Waals surface area contributed by atoms with Gasteiger partial charge in [0.25, 0.3) is 0 Å². The third-order valence-electron chi connectivity index (χ3n) is 1.40. The van der Waals surface area contributed by atoms with Crippen molar-refractivity contribution in [2.24, 2.45) is 0 Å². The van der Waals surface area contributed by atoms with Crippen molar-refractivity contribution in [3.05, 3.63) is 30.3 Å². The Bertz CT molecular complexity index is 248. The largest absolute Gasteiger partial charge is 0.326 e. The smallest absolute Gasteiger partial charge is 0.225 e.